The molecule has 2 amide bonds. The van der Waals surface area contributed by atoms with E-state index in [1.807, 2.05) is 24.3 Å². The summed E-state index contributed by atoms with van der Waals surface area (Å²) in [6.45, 7) is 4.11. The van der Waals surface area contributed by atoms with Crippen LogP contribution in [0.3, 0.4) is 0 Å². The third-order valence-corrected chi connectivity index (χ3v) is 4.63. The number of nitrogens with one attached hydrogen (secondary N) is 2. The van der Waals surface area contributed by atoms with E-state index in [2.05, 4.69) is 17.2 Å². The Morgan fingerprint density at radius 3 is 2.86 bits per heavy atom. The molecule has 0 radical (unpaired) electrons. The normalized spacial score (nSPS) is 14.5. The zero-order valence-electron chi connectivity index (χ0n) is 15.5. The second-order valence-corrected chi connectivity index (χ2v) is 6.87. The molecule has 0 aromatic heterocycles. The standard InChI is InChI=1S/C21H20ClFN2O4/c1-13(25-21(27)16-11-29-19-5-3-2-4-15(16)19)8-9-24-20(26)12-28-14-6-7-17(22)18(23)10-14/h2-7,10,16H,1,8-9,11-12H2,(H,24,26)(H,25,27). The molecule has 6 nitrogen and oxygen atoms in total. The van der Waals surface area contributed by atoms with Gasteiger partial charge in [-0.3, -0.25) is 9.59 Å². The van der Waals surface area contributed by atoms with Gasteiger partial charge in [0.2, 0.25) is 5.91 Å². The van der Waals surface area contributed by atoms with Gasteiger partial charge in [-0.2, -0.15) is 0 Å². The van der Waals surface area contributed by atoms with Gasteiger partial charge >= 0.3 is 0 Å². The zero-order chi connectivity index (χ0) is 20.8. The van der Waals surface area contributed by atoms with E-state index < -0.39 is 5.82 Å². The van der Waals surface area contributed by atoms with Crippen LogP contribution in [-0.2, 0) is 9.59 Å². The average Bonchev–Trinajstić information content (AvgIpc) is 3.13. The Kier molecular flexibility index (Phi) is 6.72. The lowest BCUT2D eigenvalue weighted by atomic mass is 10.0. The Morgan fingerprint density at radius 2 is 2.07 bits per heavy atom. The molecule has 0 saturated heterocycles. The van der Waals surface area contributed by atoms with Gasteiger partial charge < -0.3 is 20.1 Å². The molecule has 29 heavy (non-hydrogen) atoms. The predicted molar refractivity (Wildman–Crippen MR) is 106 cm³/mol. The molecule has 1 unspecified atom stereocenters. The minimum absolute atomic E-state index is 0.0185. The maximum atomic E-state index is 13.3. The first kappa shape index (κ1) is 20.7. The van der Waals surface area contributed by atoms with Gasteiger partial charge in [-0.25, -0.2) is 4.39 Å². The van der Waals surface area contributed by atoms with Crippen molar-refractivity contribution in [2.24, 2.45) is 0 Å². The number of hydrogen-bond donors (Lipinski definition) is 2. The molecular formula is C21H20ClFN2O4. The lowest BCUT2D eigenvalue weighted by molar-refractivity contribution is -0.123. The average molecular weight is 419 g/mol. The van der Waals surface area contributed by atoms with Crippen molar-refractivity contribution in [3.63, 3.8) is 0 Å². The molecule has 3 rings (SSSR count). The van der Waals surface area contributed by atoms with Crippen molar-refractivity contribution >= 4 is 23.4 Å². The van der Waals surface area contributed by atoms with Gasteiger partial charge in [-0.15, -0.1) is 0 Å². The van der Waals surface area contributed by atoms with Gasteiger partial charge in [-0.05, 0) is 18.2 Å². The summed E-state index contributed by atoms with van der Waals surface area (Å²) in [5.74, 6) is -0.654. The van der Waals surface area contributed by atoms with E-state index in [-0.39, 0.29) is 48.3 Å². The number of carbonyl (C=O) groups is 2. The van der Waals surface area contributed by atoms with Crippen molar-refractivity contribution in [1.82, 2.24) is 10.6 Å². The third-order valence-electron chi connectivity index (χ3n) is 4.33. The number of carbonyl (C=O) groups excluding carboxylic acids is 2. The van der Waals surface area contributed by atoms with Crippen molar-refractivity contribution in [1.29, 1.82) is 0 Å². The van der Waals surface area contributed by atoms with Crippen LogP contribution in [0.5, 0.6) is 11.5 Å². The maximum absolute atomic E-state index is 13.3. The zero-order valence-corrected chi connectivity index (χ0v) is 16.3. The molecule has 2 N–H and O–H groups in total. The summed E-state index contributed by atoms with van der Waals surface area (Å²) in [7, 11) is 0. The van der Waals surface area contributed by atoms with E-state index in [9.17, 15) is 14.0 Å². The van der Waals surface area contributed by atoms with Crippen LogP contribution in [0.15, 0.2) is 54.7 Å². The summed E-state index contributed by atoms with van der Waals surface area (Å²) in [5.41, 5.74) is 1.34. The number of benzene rings is 2. The second-order valence-electron chi connectivity index (χ2n) is 6.46. The van der Waals surface area contributed by atoms with Crippen molar-refractivity contribution in [3.05, 3.63) is 71.1 Å². The van der Waals surface area contributed by atoms with E-state index >= 15 is 0 Å². The highest BCUT2D eigenvalue weighted by Gasteiger charge is 2.30. The highest BCUT2D eigenvalue weighted by atomic mass is 35.5. The largest absolute Gasteiger partial charge is 0.492 e. The Bertz CT molecular complexity index is 935. The number of hydrogen-bond acceptors (Lipinski definition) is 4. The van der Waals surface area contributed by atoms with Crippen molar-refractivity contribution < 1.29 is 23.5 Å². The Hall–Kier alpha value is -3.06. The van der Waals surface area contributed by atoms with Gasteiger partial charge in [0.1, 0.15) is 29.8 Å². The number of fused-ring (bicyclic) bond motifs is 1. The van der Waals surface area contributed by atoms with Crippen LogP contribution >= 0.6 is 11.6 Å². The molecule has 0 aliphatic carbocycles. The lowest BCUT2D eigenvalue weighted by Gasteiger charge is -2.13. The van der Waals surface area contributed by atoms with E-state index in [0.29, 0.717) is 17.9 Å². The van der Waals surface area contributed by atoms with Crippen LogP contribution in [-0.4, -0.2) is 31.6 Å². The van der Waals surface area contributed by atoms with E-state index in [0.717, 1.165) is 11.6 Å². The Labute approximate surface area is 172 Å². The Balaban J connectivity index is 1.37. The number of ether oxygens (including phenoxy) is 2. The molecule has 0 saturated carbocycles. The minimum atomic E-state index is -0.619. The van der Waals surface area contributed by atoms with Crippen LogP contribution < -0.4 is 20.1 Å². The van der Waals surface area contributed by atoms with Gasteiger partial charge in [0.15, 0.2) is 6.61 Å². The minimum Gasteiger partial charge on any atom is -0.492 e. The number of amides is 2. The van der Waals surface area contributed by atoms with Crippen LogP contribution in [0.2, 0.25) is 5.02 Å². The first-order valence-corrected chi connectivity index (χ1v) is 9.36. The highest BCUT2D eigenvalue weighted by Crippen LogP contribution is 2.33. The highest BCUT2D eigenvalue weighted by molar-refractivity contribution is 6.30. The molecule has 0 spiro atoms. The van der Waals surface area contributed by atoms with Crippen LogP contribution in [0.25, 0.3) is 0 Å². The molecule has 152 valence electrons. The molecule has 2 aromatic carbocycles. The predicted octanol–water partition coefficient (Wildman–Crippen LogP) is 3.17. The van der Waals surface area contributed by atoms with Crippen molar-refractivity contribution in [2.75, 3.05) is 19.8 Å². The summed E-state index contributed by atoms with van der Waals surface area (Å²) < 4.78 is 24.1. The topological polar surface area (TPSA) is 76.7 Å². The van der Waals surface area contributed by atoms with Crippen molar-refractivity contribution in [2.45, 2.75) is 12.3 Å². The molecule has 1 atom stereocenters. The quantitative estimate of drug-likeness (QED) is 0.690. The number of halogens is 2. The fourth-order valence-electron chi connectivity index (χ4n) is 2.82. The smallest absolute Gasteiger partial charge is 0.257 e. The first-order valence-electron chi connectivity index (χ1n) is 8.99. The summed E-state index contributed by atoms with van der Waals surface area (Å²) in [4.78, 5) is 24.3. The molecule has 0 fully saturated rings. The number of para-hydroxylation sites is 1. The molecule has 2 aromatic rings. The molecule has 8 heteroatoms. The van der Waals surface area contributed by atoms with E-state index in [4.69, 9.17) is 21.1 Å². The molecule has 1 aliphatic heterocycles. The van der Waals surface area contributed by atoms with Crippen LogP contribution in [0, 0.1) is 5.82 Å². The monoisotopic (exact) mass is 418 g/mol. The van der Waals surface area contributed by atoms with Gasteiger partial charge in [-0.1, -0.05) is 36.4 Å². The summed E-state index contributed by atoms with van der Waals surface area (Å²) in [5, 5.41) is 5.38. The van der Waals surface area contributed by atoms with E-state index in [1.54, 1.807) is 0 Å². The van der Waals surface area contributed by atoms with Crippen LogP contribution in [0.1, 0.15) is 17.9 Å². The SMILES string of the molecule is C=C(CCNC(=O)COc1ccc(Cl)c(F)c1)NC(=O)C1COc2ccccc21. The van der Waals surface area contributed by atoms with Gasteiger partial charge in [0, 0.05) is 30.3 Å². The fourth-order valence-corrected chi connectivity index (χ4v) is 2.94. The van der Waals surface area contributed by atoms with Crippen molar-refractivity contribution in [3.8, 4) is 11.5 Å². The fraction of sp³-hybridized carbons (Fsp3) is 0.238. The van der Waals surface area contributed by atoms with E-state index in [1.165, 1.54) is 12.1 Å². The molecular weight excluding hydrogens is 399 g/mol. The van der Waals surface area contributed by atoms with Gasteiger partial charge in [0.05, 0.1) is 5.02 Å². The summed E-state index contributed by atoms with van der Waals surface area (Å²) >= 11 is 5.59. The number of rotatable bonds is 8. The molecule has 0 bridgehead atoms. The second kappa shape index (κ2) is 9.43. The maximum Gasteiger partial charge on any atom is 0.257 e. The van der Waals surface area contributed by atoms with Gasteiger partial charge in [0.25, 0.3) is 5.91 Å². The Morgan fingerprint density at radius 1 is 1.28 bits per heavy atom. The summed E-state index contributed by atoms with van der Waals surface area (Å²) in [6, 6.07) is 11.3. The lowest BCUT2D eigenvalue weighted by Crippen LogP contribution is -2.33. The van der Waals surface area contributed by atoms with Crippen LogP contribution in [0.4, 0.5) is 4.39 Å². The third kappa shape index (κ3) is 5.48. The molecule has 1 aliphatic rings. The first-order chi connectivity index (χ1) is 13.9. The molecule has 1 heterocycles. The summed E-state index contributed by atoms with van der Waals surface area (Å²) in [6.07, 6.45) is 0.363.